The fourth-order valence-electron chi connectivity index (χ4n) is 2.85. The summed E-state index contributed by atoms with van der Waals surface area (Å²) in [5.74, 6) is 0. The van der Waals surface area contributed by atoms with E-state index in [0.717, 1.165) is 37.4 Å². The summed E-state index contributed by atoms with van der Waals surface area (Å²) in [5, 5.41) is 0.679. The van der Waals surface area contributed by atoms with Crippen LogP contribution in [0.15, 0.2) is 27.6 Å². The number of benzene rings is 1. The van der Waals surface area contributed by atoms with Crippen molar-refractivity contribution in [2.45, 2.75) is 26.5 Å². The zero-order chi connectivity index (χ0) is 15.0. The average molecular weight is 399 g/mol. The number of fused-ring (bicyclic) bond motifs is 1. The van der Waals surface area contributed by atoms with E-state index in [1.165, 1.54) is 6.26 Å². The van der Waals surface area contributed by atoms with E-state index in [9.17, 15) is 4.79 Å². The van der Waals surface area contributed by atoms with Crippen LogP contribution < -0.4 is 5.43 Å². The SMILES string of the molecule is Cc1cc(CN2CCO[C@H](C)C2)cc2c(=O)c(I)coc12. The Hall–Kier alpha value is -0.920. The monoisotopic (exact) mass is 399 g/mol. The van der Waals surface area contributed by atoms with Crippen LogP contribution in [-0.4, -0.2) is 30.7 Å². The lowest BCUT2D eigenvalue weighted by molar-refractivity contribution is -0.0212. The number of morpholine rings is 1. The third-order valence-electron chi connectivity index (χ3n) is 3.81. The molecular weight excluding hydrogens is 381 g/mol. The second-order valence-corrected chi connectivity index (χ2v) is 6.78. The molecule has 0 amide bonds. The molecule has 0 unspecified atom stereocenters. The zero-order valence-corrected chi connectivity index (χ0v) is 14.3. The highest BCUT2D eigenvalue weighted by Gasteiger charge is 2.17. The summed E-state index contributed by atoms with van der Waals surface area (Å²) < 4.78 is 11.8. The van der Waals surface area contributed by atoms with Crippen LogP contribution in [-0.2, 0) is 11.3 Å². The molecule has 0 bridgehead atoms. The first-order valence-electron chi connectivity index (χ1n) is 7.09. The number of rotatable bonds is 2. The maximum Gasteiger partial charge on any atom is 0.206 e. The van der Waals surface area contributed by atoms with Gasteiger partial charge in [-0.25, -0.2) is 0 Å². The maximum atomic E-state index is 12.3. The van der Waals surface area contributed by atoms with Crippen molar-refractivity contribution in [1.29, 1.82) is 0 Å². The van der Waals surface area contributed by atoms with Crippen LogP contribution >= 0.6 is 22.6 Å². The summed E-state index contributed by atoms with van der Waals surface area (Å²) in [6.07, 6.45) is 1.80. The Labute approximate surface area is 137 Å². The first kappa shape index (κ1) is 15.0. The van der Waals surface area contributed by atoms with Gasteiger partial charge in [0, 0.05) is 19.6 Å². The smallest absolute Gasteiger partial charge is 0.206 e. The van der Waals surface area contributed by atoms with Gasteiger partial charge in [0.2, 0.25) is 5.43 Å². The number of ether oxygens (including phenoxy) is 1. The van der Waals surface area contributed by atoms with Gasteiger partial charge < -0.3 is 9.15 Å². The van der Waals surface area contributed by atoms with E-state index in [1.54, 1.807) is 0 Å². The van der Waals surface area contributed by atoms with Gasteiger partial charge in [-0.05, 0) is 53.6 Å². The second-order valence-electron chi connectivity index (χ2n) is 5.62. The largest absolute Gasteiger partial charge is 0.463 e. The Kier molecular flexibility index (Phi) is 4.33. The highest BCUT2D eigenvalue weighted by Crippen LogP contribution is 2.21. The van der Waals surface area contributed by atoms with Crippen molar-refractivity contribution in [3.05, 3.63) is 43.3 Å². The molecule has 112 valence electrons. The van der Waals surface area contributed by atoms with Crippen LogP contribution in [0.25, 0.3) is 11.0 Å². The third kappa shape index (κ3) is 3.14. The third-order valence-corrected chi connectivity index (χ3v) is 4.55. The minimum absolute atomic E-state index is 0.0529. The van der Waals surface area contributed by atoms with Crippen molar-refractivity contribution in [1.82, 2.24) is 4.90 Å². The summed E-state index contributed by atoms with van der Waals surface area (Å²) in [6, 6.07) is 4.08. The molecule has 1 atom stereocenters. The van der Waals surface area contributed by atoms with Gasteiger partial charge in [-0.3, -0.25) is 9.69 Å². The van der Waals surface area contributed by atoms with Gasteiger partial charge in [-0.2, -0.15) is 0 Å². The zero-order valence-electron chi connectivity index (χ0n) is 12.2. The van der Waals surface area contributed by atoms with Crippen LogP contribution in [0, 0.1) is 10.5 Å². The number of aryl methyl sites for hydroxylation is 1. The van der Waals surface area contributed by atoms with E-state index in [-0.39, 0.29) is 11.5 Å². The molecule has 4 nitrogen and oxygen atoms in total. The molecule has 1 saturated heterocycles. The molecule has 5 heteroatoms. The average Bonchev–Trinajstić information content (AvgIpc) is 2.43. The van der Waals surface area contributed by atoms with Crippen LogP contribution in [0.3, 0.4) is 0 Å². The molecule has 1 aliphatic heterocycles. The lowest BCUT2D eigenvalue weighted by Crippen LogP contribution is -2.40. The summed E-state index contributed by atoms with van der Waals surface area (Å²) in [4.78, 5) is 14.6. The van der Waals surface area contributed by atoms with Crippen molar-refractivity contribution in [2.24, 2.45) is 0 Å². The predicted molar refractivity (Wildman–Crippen MR) is 90.6 cm³/mol. The van der Waals surface area contributed by atoms with Gasteiger partial charge in [0.15, 0.2) is 0 Å². The summed E-state index contributed by atoms with van der Waals surface area (Å²) in [5.41, 5.74) is 2.91. The Morgan fingerprint density at radius 1 is 1.43 bits per heavy atom. The van der Waals surface area contributed by atoms with Crippen molar-refractivity contribution >= 4 is 33.6 Å². The van der Waals surface area contributed by atoms with Crippen molar-refractivity contribution in [2.75, 3.05) is 19.7 Å². The van der Waals surface area contributed by atoms with E-state index in [2.05, 4.69) is 17.9 Å². The maximum absolute atomic E-state index is 12.3. The van der Waals surface area contributed by atoms with E-state index in [1.807, 2.05) is 35.6 Å². The molecule has 2 aromatic rings. The number of halogens is 1. The minimum atomic E-state index is 0.0529. The normalized spacial score (nSPS) is 20.0. The molecule has 0 saturated carbocycles. The van der Waals surface area contributed by atoms with Crippen molar-refractivity contribution < 1.29 is 9.15 Å². The highest BCUT2D eigenvalue weighted by atomic mass is 127. The molecular formula is C16H18INO3. The molecule has 0 N–H and O–H groups in total. The molecule has 1 aromatic carbocycles. The number of hydrogen-bond donors (Lipinski definition) is 0. The molecule has 3 rings (SSSR count). The van der Waals surface area contributed by atoms with Crippen LogP contribution in [0.1, 0.15) is 18.1 Å². The lowest BCUT2D eigenvalue weighted by Gasteiger charge is -2.31. The van der Waals surface area contributed by atoms with Gasteiger partial charge in [-0.1, -0.05) is 6.07 Å². The van der Waals surface area contributed by atoms with E-state index in [4.69, 9.17) is 9.15 Å². The van der Waals surface area contributed by atoms with Gasteiger partial charge >= 0.3 is 0 Å². The molecule has 1 aromatic heterocycles. The molecule has 2 heterocycles. The molecule has 0 aliphatic carbocycles. The fraction of sp³-hybridized carbons (Fsp3) is 0.438. The second kappa shape index (κ2) is 6.06. The first-order valence-corrected chi connectivity index (χ1v) is 8.17. The Balaban J connectivity index is 1.96. The van der Waals surface area contributed by atoms with Gasteiger partial charge in [-0.15, -0.1) is 0 Å². The van der Waals surface area contributed by atoms with E-state index < -0.39 is 0 Å². The van der Waals surface area contributed by atoms with E-state index in [0.29, 0.717) is 14.5 Å². The fourth-order valence-corrected chi connectivity index (χ4v) is 3.27. The number of nitrogens with zero attached hydrogens (tertiary/aromatic N) is 1. The molecule has 0 radical (unpaired) electrons. The topological polar surface area (TPSA) is 42.7 Å². The minimum Gasteiger partial charge on any atom is -0.463 e. The Bertz CT molecular complexity index is 725. The van der Waals surface area contributed by atoms with Crippen molar-refractivity contribution in [3.63, 3.8) is 0 Å². The summed E-state index contributed by atoms with van der Waals surface area (Å²) >= 11 is 2.02. The van der Waals surface area contributed by atoms with Crippen LogP contribution in [0.2, 0.25) is 0 Å². The van der Waals surface area contributed by atoms with Gasteiger partial charge in [0.1, 0.15) is 11.8 Å². The lowest BCUT2D eigenvalue weighted by atomic mass is 10.1. The molecule has 1 aliphatic rings. The highest BCUT2D eigenvalue weighted by molar-refractivity contribution is 14.1. The van der Waals surface area contributed by atoms with Crippen LogP contribution in [0.4, 0.5) is 0 Å². The summed E-state index contributed by atoms with van der Waals surface area (Å²) in [7, 11) is 0. The van der Waals surface area contributed by atoms with Gasteiger partial charge in [0.05, 0.1) is 21.7 Å². The van der Waals surface area contributed by atoms with Gasteiger partial charge in [0.25, 0.3) is 0 Å². The predicted octanol–water partition coefficient (Wildman–Crippen LogP) is 2.93. The molecule has 0 spiro atoms. The van der Waals surface area contributed by atoms with Crippen molar-refractivity contribution in [3.8, 4) is 0 Å². The summed E-state index contributed by atoms with van der Waals surface area (Å²) in [6.45, 7) is 7.56. The first-order chi connectivity index (χ1) is 10.0. The van der Waals surface area contributed by atoms with Crippen LogP contribution in [0.5, 0.6) is 0 Å². The quantitative estimate of drug-likeness (QED) is 0.729. The Morgan fingerprint density at radius 2 is 2.24 bits per heavy atom. The molecule has 21 heavy (non-hydrogen) atoms. The standard InChI is InChI=1S/C16H18INO3/c1-10-5-12(8-18-3-4-20-11(2)7-18)6-13-15(19)14(17)9-21-16(10)13/h5-6,9,11H,3-4,7-8H2,1-2H3/t11-/m1/s1. The molecule has 1 fully saturated rings. The van der Waals surface area contributed by atoms with E-state index >= 15 is 0 Å². The number of hydrogen-bond acceptors (Lipinski definition) is 4. The Morgan fingerprint density at radius 3 is 3.00 bits per heavy atom.